The van der Waals surface area contributed by atoms with E-state index in [-0.39, 0.29) is 23.7 Å². The summed E-state index contributed by atoms with van der Waals surface area (Å²) < 4.78 is 28.0. The number of hydrogen-bond donors (Lipinski definition) is 2. The molecule has 0 spiro atoms. The number of nitrogens with one attached hydrogen (secondary N) is 1. The van der Waals surface area contributed by atoms with E-state index in [1.807, 2.05) is 12.1 Å². The molecular weight excluding hydrogens is 376 g/mol. The lowest BCUT2D eigenvalue weighted by Crippen LogP contribution is -2.43. The first-order chi connectivity index (χ1) is 13.2. The minimum Gasteiger partial charge on any atom is -0.392 e. The first-order valence-electron chi connectivity index (χ1n) is 9.31. The van der Waals surface area contributed by atoms with Crippen LogP contribution >= 0.6 is 0 Å². The van der Waals surface area contributed by atoms with Gasteiger partial charge in [0.2, 0.25) is 0 Å². The van der Waals surface area contributed by atoms with Gasteiger partial charge >= 0.3 is 0 Å². The summed E-state index contributed by atoms with van der Waals surface area (Å²) in [5.41, 5.74) is 1.58. The van der Waals surface area contributed by atoms with Crippen LogP contribution in [0, 0.1) is 0 Å². The topological polar surface area (TPSA) is 85.8 Å². The van der Waals surface area contributed by atoms with E-state index in [0.29, 0.717) is 5.82 Å². The molecule has 7 nitrogen and oxygen atoms in total. The normalized spacial score (nSPS) is 20.1. The van der Waals surface area contributed by atoms with Gasteiger partial charge in [-0.25, -0.2) is 18.1 Å². The third kappa shape index (κ3) is 4.52. The molecule has 0 saturated carbocycles. The summed E-state index contributed by atoms with van der Waals surface area (Å²) in [7, 11) is 0.390. The molecule has 2 N–H and O–H groups in total. The van der Waals surface area contributed by atoms with Gasteiger partial charge in [0.15, 0.2) is 5.03 Å². The third-order valence-electron chi connectivity index (χ3n) is 5.48. The second kappa shape index (κ2) is 8.16. The number of likely N-dealkylation sites (N-methyl/N-ethyl adjacent to an activating group) is 1. The lowest BCUT2D eigenvalue weighted by Gasteiger charge is -2.32. The zero-order chi connectivity index (χ0) is 20.4. The standard InChI is InChI=1S/C20H28N4O3S/c1-20(23(2)3)10-11-24(15-20)18-8-5-9-19(22-18)28(26,27)21-13-16-6-4-7-17(12-16)14-25/h4-9,12,21,25H,10-11,13-15H2,1-3H3. The fourth-order valence-electron chi connectivity index (χ4n) is 3.33. The van der Waals surface area contributed by atoms with E-state index in [1.54, 1.807) is 24.3 Å². The molecule has 2 aromatic rings. The van der Waals surface area contributed by atoms with Crippen LogP contribution in [0.25, 0.3) is 0 Å². The molecule has 0 amide bonds. The molecule has 0 radical (unpaired) electrons. The van der Waals surface area contributed by atoms with Crippen LogP contribution in [0.2, 0.25) is 0 Å². The van der Waals surface area contributed by atoms with Crippen molar-refractivity contribution in [3.63, 3.8) is 0 Å². The van der Waals surface area contributed by atoms with Crippen molar-refractivity contribution >= 4 is 15.8 Å². The second-order valence-corrected chi connectivity index (χ2v) is 9.41. The molecular formula is C20H28N4O3S. The molecule has 2 heterocycles. The number of aliphatic hydroxyl groups is 1. The van der Waals surface area contributed by atoms with Crippen molar-refractivity contribution in [2.24, 2.45) is 0 Å². The highest BCUT2D eigenvalue weighted by Gasteiger charge is 2.36. The monoisotopic (exact) mass is 404 g/mol. The summed E-state index contributed by atoms with van der Waals surface area (Å²) >= 11 is 0. The van der Waals surface area contributed by atoms with Crippen molar-refractivity contribution in [3.8, 4) is 0 Å². The lowest BCUT2D eigenvalue weighted by atomic mass is 10.0. The first-order valence-corrected chi connectivity index (χ1v) is 10.8. The van der Waals surface area contributed by atoms with Gasteiger partial charge in [0.1, 0.15) is 5.82 Å². The van der Waals surface area contributed by atoms with Gasteiger partial charge in [0, 0.05) is 25.2 Å². The van der Waals surface area contributed by atoms with E-state index in [2.05, 4.69) is 40.5 Å². The number of benzene rings is 1. The second-order valence-electron chi connectivity index (χ2n) is 7.70. The molecule has 0 aliphatic carbocycles. The summed E-state index contributed by atoms with van der Waals surface area (Å²) in [5, 5.41) is 9.23. The molecule has 3 rings (SSSR count). The number of sulfonamides is 1. The predicted molar refractivity (Wildman–Crippen MR) is 110 cm³/mol. The Kier molecular flexibility index (Phi) is 6.04. The molecule has 1 aliphatic heterocycles. The number of rotatable bonds is 7. The molecule has 1 saturated heterocycles. The van der Waals surface area contributed by atoms with Gasteiger partial charge in [-0.15, -0.1) is 0 Å². The van der Waals surface area contributed by atoms with E-state index in [4.69, 9.17) is 0 Å². The van der Waals surface area contributed by atoms with Crippen LogP contribution in [0.3, 0.4) is 0 Å². The van der Waals surface area contributed by atoms with Crippen molar-refractivity contribution in [1.82, 2.24) is 14.6 Å². The number of hydrogen-bond acceptors (Lipinski definition) is 6. The summed E-state index contributed by atoms with van der Waals surface area (Å²) in [6.07, 6.45) is 0.998. The largest absolute Gasteiger partial charge is 0.392 e. The van der Waals surface area contributed by atoms with Crippen LogP contribution in [0.1, 0.15) is 24.5 Å². The zero-order valence-corrected chi connectivity index (χ0v) is 17.4. The zero-order valence-electron chi connectivity index (χ0n) is 16.6. The van der Waals surface area contributed by atoms with Crippen LogP contribution in [-0.2, 0) is 23.2 Å². The molecule has 0 bridgehead atoms. The van der Waals surface area contributed by atoms with Crippen LogP contribution in [0.5, 0.6) is 0 Å². The van der Waals surface area contributed by atoms with E-state index in [9.17, 15) is 13.5 Å². The first kappa shape index (κ1) is 20.7. The van der Waals surface area contributed by atoms with E-state index >= 15 is 0 Å². The Labute approximate surface area is 167 Å². The maximum absolute atomic E-state index is 12.7. The van der Waals surface area contributed by atoms with Gasteiger partial charge in [0.25, 0.3) is 10.0 Å². The molecule has 1 aliphatic rings. The minimum atomic E-state index is -3.74. The number of aromatic nitrogens is 1. The molecule has 1 atom stereocenters. The fourth-order valence-corrected chi connectivity index (χ4v) is 4.30. The number of nitrogens with zero attached hydrogens (tertiary/aromatic N) is 3. The van der Waals surface area contributed by atoms with Crippen LogP contribution in [0.4, 0.5) is 5.82 Å². The highest BCUT2D eigenvalue weighted by atomic mass is 32.2. The Balaban J connectivity index is 1.73. The van der Waals surface area contributed by atoms with E-state index < -0.39 is 10.0 Å². The average molecular weight is 405 g/mol. The summed E-state index contributed by atoms with van der Waals surface area (Å²) in [6.45, 7) is 3.91. The Morgan fingerprint density at radius 2 is 1.93 bits per heavy atom. The van der Waals surface area contributed by atoms with Crippen LogP contribution in [0.15, 0.2) is 47.5 Å². The van der Waals surface area contributed by atoms with E-state index in [1.165, 1.54) is 6.07 Å². The maximum atomic E-state index is 12.7. The molecule has 152 valence electrons. The maximum Gasteiger partial charge on any atom is 0.258 e. The van der Waals surface area contributed by atoms with Gasteiger partial charge in [0.05, 0.1) is 6.61 Å². The predicted octanol–water partition coefficient (Wildman–Crippen LogP) is 1.58. The Hall–Kier alpha value is -2.00. The molecule has 1 aromatic carbocycles. The Morgan fingerprint density at radius 1 is 1.21 bits per heavy atom. The minimum absolute atomic E-state index is 0.0155. The molecule has 1 fully saturated rings. The highest BCUT2D eigenvalue weighted by molar-refractivity contribution is 7.89. The summed E-state index contributed by atoms with van der Waals surface area (Å²) in [6, 6.07) is 12.3. The van der Waals surface area contributed by atoms with Crippen molar-refractivity contribution in [2.75, 3.05) is 32.1 Å². The van der Waals surface area contributed by atoms with Crippen LogP contribution < -0.4 is 9.62 Å². The summed E-state index contributed by atoms with van der Waals surface area (Å²) in [5.74, 6) is 0.677. The third-order valence-corrected chi connectivity index (χ3v) is 6.78. The quantitative estimate of drug-likeness (QED) is 0.729. The molecule has 1 unspecified atom stereocenters. The van der Waals surface area contributed by atoms with Crippen molar-refractivity contribution in [1.29, 1.82) is 0 Å². The Morgan fingerprint density at radius 3 is 2.61 bits per heavy atom. The van der Waals surface area contributed by atoms with Crippen LogP contribution in [-0.4, -0.2) is 56.1 Å². The molecule has 8 heteroatoms. The van der Waals surface area contributed by atoms with Gasteiger partial charge in [-0.1, -0.05) is 30.3 Å². The lowest BCUT2D eigenvalue weighted by molar-refractivity contribution is 0.198. The smallest absolute Gasteiger partial charge is 0.258 e. The van der Waals surface area contributed by atoms with E-state index in [0.717, 1.165) is 30.6 Å². The molecule has 28 heavy (non-hydrogen) atoms. The van der Waals surface area contributed by atoms with Crippen molar-refractivity contribution in [3.05, 3.63) is 53.6 Å². The molecule has 1 aromatic heterocycles. The average Bonchev–Trinajstić information content (AvgIpc) is 3.10. The number of aliphatic hydroxyl groups excluding tert-OH is 1. The van der Waals surface area contributed by atoms with Gasteiger partial charge in [-0.3, -0.25) is 0 Å². The van der Waals surface area contributed by atoms with Gasteiger partial charge in [-0.05, 0) is 50.7 Å². The van der Waals surface area contributed by atoms with Crippen molar-refractivity contribution in [2.45, 2.75) is 37.1 Å². The van der Waals surface area contributed by atoms with Crippen molar-refractivity contribution < 1.29 is 13.5 Å². The Bertz CT molecular complexity index is 933. The number of anilines is 1. The van der Waals surface area contributed by atoms with Gasteiger partial charge < -0.3 is 14.9 Å². The highest BCUT2D eigenvalue weighted by Crippen LogP contribution is 2.29. The number of pyridine rings is 1. The van der Waals surface area contributed by atoms with Gasteiger partial charge in [-0.2, -0.15) is 0 Å². The fraction of sp³-hybridized carbons (Fsp3) is 0.450. The summed E-state index contributed by atoms with van der Waals surface area (Å²) in [4.78, 5) is 8.75. The SMILES string of the molecule is CN(C)C1(C)CCN(c2cccc(S(=O)(=O)NCc3cccc(CO)c3)n2)C1.